The Morgan fingerprint density at radius 2 is 2.17 bits per heavy atom. The maximum atomic E-state index is 10.6. The van der Waals surface area contributed by atoms with Gasteiger partial charge < -0.3 is 9.47 Å². The van der Waals surface area contributed by atoms with Gasteiger partial charge in [0.2, 0.25) is 0 Å². The Morgan fingerprint density at radius 3 is 2.67 bits per heavy atom. The van der Waals surface area contributed by atoms with Crippen molar-refractivity contribution in [2.75, 3.05) is 13.7 Å². The molecule has 0 aliphatic carbocycles. The SMILES string of the molecule is CCCC(C)OCCC(=O)OC. The Labute approximate surface area is 74.0 Å². The number of carbonyl (C=O) groups is 1. The summed E-state index contributed by atoms with van der Waals surface area (Å²) >= 11 is 0. The molecule has 0 aliphatic heterocycles. The van der Waals surface area contributed by atoms with Crippen LogP contribution in [-0.2, 0) is 14.3 Å². The van der Waals surface area contributed by atoms with Gasteiger partial charge in [0.15, 0.2) is 0 Å². The van der Waals surface area contributed by atoms with Gasteiger partial charge in [-0.3, -0.25) is 4.79 Å². The van der Waals surface area contributed by atoms with Crippen LogP contribution in [0.15, 0.2) is 0 Å². The predicted molar refractivity (Wildman–Crippen MR) is 47.0 cm³/mol. The van der Waals surface area contributed by atoms with Gasteiger partial charge in [-0.1, -0.05) is 13.3 Å². The molecule has 72 valence electrons. The lowest BCUT2D eigenvalue weighted by molar-refractivity contribution is -0.142. The molecule has 0 saturated carbocycles. The van der Waals surface area contributed by atoms with Crippen molar-refractivity contribution in [3.63, 3.8) is 0 Å². The fourth-order valence-electron chi connectivity index (χ4n) is 0.935. The van der Waals surface area contributed by atoms with Gasteiger partial charge >= 0.3 is 5.97 Å². The third kappa shape index (κ3) is 6.16. The fourth-order valence-corrected chi connectivity index (χ4v) is 0.935. The zero-order chi connectivity index (χ0) is 9.40. The van der Waals surface area contributed by atoms with Crippen LogP contribution in [-0.4, -0.2) is 25.8 Å². The second-order valence-corrected chi connectivity index (χ2v) is 2.80. The Hall–Kier alpha value is -0.570. The highest BCUT2D eigenvalue weighted by atomic mass is 16.5. The number of ether oxygens (including phenoxy) is 2. The molecule has 1 atom stereocenters. The molecule has 0 saturated heterocycles. The summed E-state index contributed by atoms with van der Waals surface area (Å²) in [5.74, 6) is -0.210. The van der Waals surface area contributed by atoms with Gasteiger partial charge in [-0.15, -0.1) is 0 Å². The van der Waals surface area contributed by atoms with E-state index in [2.05, 4.69) is 11.7 Å². The average Bonchev–Trinajstić information content (AvgIpc) is 2.04. The molecule has 0 bridgehead atoms. The summed E-state index contributed by atoms with van der Waals surface area (Å²) in [4.78, 5) is 10.6. The summed E-state index contributed by atoms with van der Waals surface area (Å²) in [6, 6.07) is 0. The fraction of sp³-hybridized carbons (Fsp3) is 0.889. The van der Waals surface area contributed by atoms with Gasteiger partial charge in [0, 0.05) is 0 Å². The van der Waals surface area contributed by atoms with Crippen molar-refractivity contribution in [1.82, 2.24) is 0 Å². The number of esters is 1. The van der Waals surface area contributed by atoms with Gasteiger partial charge in [-0.25, -0.2) is 0 Å². The lowest BCUT2D eigenvalue weighted by atomic mass is 10.2. The molecule has 0 aromatic rings. The summed E-state index contributed by atoms with van der Waals surface area (Å²) in [6.07, 6.45) is 2.75. The van der Waals surface area contributed by atoms with E-state index in [4.69, 9.17) is 4.74 Å². The molecular weight excluding hydrogens is 156 g/mol. The van der Waals surface area contributed by atoms with Gasteiger partial charge in [-0.05, 0) is 13.3 Å². The molecule has 0 N–H and O–H groups in total. The van der Waals surface area contributed by atoms with E-state index in [0.29, 0.717) is 13.0 Å². The van der Waals surface area contributed by atoms with Crippen LogP contribution in [0.25, 0.3) is 0 Å². The Kier molecular flexibility index (Phi) is 6.76. The first-order valence-electron chi connectivity index (χ1n) is 4.39. The van der Waals surface area contributed by atoms with Crippen molar-refractivity contribution < 1.29 is 14.3 Å². The number of carbonyl (C=O) groups excluding carboxylic acids is 1. The maximum Gasteiger partial charge on any atom is 0.307 e. The van der Waals surface area contributed by atoms with Gasteiger partial charge in [0.1, 0.15) is 0 Å². The summed E-state index contributed by atoms with van der Waals surface area (Å²) in [5, 5.41) is 0. The number of rotatable bonds is 6. The average molecular weight is 174 g/mol. The van der Waals surface area contributed by atoms with Gasteiger partial charge in [0.25, 0.3) is 0 Å². The van der Waals surface area contributed by atoms with Crippen LogP contribution in [0.2, 0.25) is 0 Å². The molecule has 0 fully saturated rings. The molecular formula is C9H18O3. The minimum Gasteiger partial charge on any atom is -0.469 e. The van der Waals surface area contributed by atoms with E-state index in [0.717, 1.165) is 12.8 Å². The monoisotopic (exact) mass is 174 g/mol. The van der Waals surface area contributed by atoms with Crippen molar-refractivity contribution in [2.24, 2.45) is 0 Å². The minimum absolute atomic E-state index is 0.210. The molecule has 12 heavy (non-hydrogen) atoms. The van der Waals surface area contributed by atoms with Crippen LogP contribution in [0.1, 0.15) is 33.1 Å². The lowest BCUT2D eigenvalue weighted by Gasteiger charge is -2.10. The molecule has 0 amide bonds. The Bertz CT molecular complexity index is 123. The molecule has 0 heterocycles. The van der Waals surface area contributed by atoms with Crippen molar-refractivity contribution in [1.29, 1.82) is 0 Å². The highest BCUT2D eigenvalue weighted by Crippen LogP contribution is 2.01. The molecule has 3 heteroatoms. The Morgan fingerprint density at radius 1 is 1.50 bits per heavy atom. The number of methoxy groups -OCH3 is 1. The van der Waals surface area contributed by atoms with Crippen molar-refractivity contribution >= 4 is 5.97 Å². The maximum absolute atomic E-state index is 10.6. The second-order valence-electron chi connectivity index (χ2n) is 2.80. The molecule has 0 spiro atoms. The zero-order valence-electron chi connectivity index (χ0n) is 8.13. The zero-order valence-corrected chi connectivity index (χ0v) is 8.13. The molecule has 3 nitrogen and oxygen atoms in total. The quantitative estimate of drug-likeness (QED) is 0.575. The van der Waals surface area contributed by atoms with Crippen molar-refractivity contribution in [2.45, 2.75) is 39.2 Å². The van der Waals surface area contributed by atoms with Crippen LogP contribution >= 0.6 is 0 Å². The van der Waals surface area contributed by atoms with E-state index in [9.17, 15) is 4.79 Å². The minimum atomic E-state index is -0.210. The van der Waals surface area contributed by atoms with E-state index in [-0.39, 0.29) is 12.1 Å². The summed E-state index contributed by atoms with van der Waals surface area (Å²) in [7, 11) is 1.39. The highest BCUT2D eigenvalue weighted by Gasteiger charge is 2.03. The standard InChI is InChI=1S/C9H18O3/c1-4-5-8(2)12-7-6-9(10)11-3/h8H,4-7H2,1-3H3. The number of hydrogen-bond donors (Lipinski definition) is 0. The summed E-state index contributed by atoms with van der Waals surface area (Å²) in [6.45, 7) is 4.59. The third-order valence-corrected chi connectivity index (χ3v) is 1.63. The molecule has 0 aromatic carbocycles. The first-order chi connectivity index (χ1) is 5.70. The lowest BCUT2D eigenvalue weighted by Crippen LogP contribution is -2.12. The Balaban J connectivity index is 3.24. The van der Waals surface area contributed by atoms with Crippen LogP contribution in [0.4, 0.5) is 0 Å². The smallest absolute Gasteiger partial charge is 0.307 e. The summed E-state index contributed by atoms with van der Waals surface area (Å²) in [5.41, 5.74) is 0. The van der Waals surface area contributed by atoms with Crippen LogP contribution in [0, 0.1) is 0 Å². The summed E-state index contributed by atoms with van der Waals surface area (Å²) < 4.78 is 9.83. The predicted octanol–water partition coefficient (Wildman–Crippen LogP) is 1.75. The first-order valence-corrected chi connectivity index (χ1v) is 4.39. The molecule has 0 aromatic heterocycles. The van der Waals surface area contributed by atoms with Crippen molar-refractivity contribution in [3.8, 4) is 0 Å². The largest absolute Gasteiger partial charge is 0.469 e. The van der Waals surface area contributed by atoms with Gasteiger partial charge in [0.05, 0.1) is 26.2 Å². The highest BCUT2D eigenvalue weighted by molar-refractivity contribution is 5.69. The van der Waals surface area contributed by atoms with Crippen molar-refractivity contribution in [3.05, 3.63) is 0 Å². The first kappa shape index (κ1) is 11.4. The van der Waals surface area contributed by atoms with Gasteiger partial charge in [-0.2, -0.15) is 0 Å². The third-order valence-electron chi connectivity index (χ3n) is 1.63. The van der Waals surface area contributed by atoms with Crippen LogP contribution in [0.5, 0.6) is 0 Å². The van der Waals surface area contributed by atoms with E-state index in [1.165, 1.54) is 7.11 Å². The van der Waals surface area contributed by atoms with E-state index in [1.807, 2.05) is 6.92 Å². The molecule has 0 aliphatic rings. The van der Waals surface area contributed by atoms with E-state index in [1.54, 1.807) is 0 Å². The molecule has 1 unspecified atom stereocenters. The molecule has 0 rings (SSSR count). The van der Waals surface area contributed by atoms with Crippen LogP contribution < -0.4 is 0 Å². The molecule has 0 radical (unpaired) electrons. The second kappa shape index (κ2) is 7.10. The van der Waals surface area contributed by atoms with Crippen LogP contribution in [0.3, 0.4) is 0 Å². The normalized spacial score (nSPS) is 12.6. The number of hydrogen-bond acceptors (Lipinski definition) is 3. The topological polar surface area (TPSA) is 35.5 Å². The van der Waals surface area contributed by atoms with E-state index >= 15 is 0 Å². The van der Waals surface area contributed by atoms with E-state index < -0.39 is 0 Å².